The monoisotopic (exact) mass is 399 g/mol. The Bertz CT molecular complexity index is 824. The lowest BCUT2D eigenvalue weighted by atomic mass is 10.1. The summed E-state index contributed by atoms with van der Waals surface area (Å²) in [5.74, 6) is -12.7. The number of nitrogens with zero attached hydrogens (tertiary/aromatic N) is 1. The van der Waals surface area contributed by atoms with Gasteiger partial charge in [-0.05, 0) is 31.5 Å². The van der Waals surface area contributed by atoms with E-state index in [-0.39, 0.29) is 6.54 Å². The van der Waals surface area contributed by atoms with Crippen LogP contribution in [0.5, 0.6) is 0 Å². The molecule has 150 valence electrons. The number of carbonyl (C=O) groups excluding carboxylic acids is 1. The molecule has 0 saturated carbocycles. The fourth-order valence-electron chi connectivity index (χ4n) is 3.23. The van der Waals surface area contributed by atoms with Crippen LogP contribution in [0.15, 0.2) is 30.3 Å². The first-order valence-corrected chi connectivity index (χ1v) is 8.90. The van der Waals surface area contributed by atoms with Gasteiger partial charge < -0.3 is 4.74 Å². The van der Waals surface area contributed by atoms with Crippen molar-refractivity contribution in [3.8, 4) is 0 Å². The zero-order valence-electron chi connectivity index (χ0n) is 14.9. The molecule has 1 saturated heterocycles. The summed E-state index contributed by atoms with van der Waals surface area (Å²) >= 11 is 0. The second-order valence-corrected chi connectivity index (χ2v) is 6.61. The number of halogens is 5. The molecule has 0 N–H and O–H groups in total. The standard InChI is InChI=1S/C20H18F5NO2/c21-15-14(16(22)18(24)19(25)17(15)23)20(27)28-13(12-7-3-1-4-8-12)11-26-9-5-2-6-10-26/h1,3-4,7-8,13H,2,5-6,9-11H2. The van der Waals surface area contributed by atoms with E-state index in [1.54, 1.807) is 30.3 Å². The maximum atomic E-state index is 13.9. The summed E-state index contributed by atoms with van der Waals surface area (Å²) in [6.07, 6.45) is 2.10. The average Bonchev–Trinajstić information content (AvgIpc) is 2.72. The number of carbonyl (C=O) groups is 1. The normalized spacial score (nSPS) is 16.0. The Hall–Kier alpha value is -2.48. The van der Waals surface area contributed by atoms with E-state index >= 15 is 0 Å². The third-order valence-electron chi connectivity index (χ3n) is 4.71. The quantitative estimate of drug-likeness (QED) is 0.314. The maximum Gasteiger partial charge on any atom is 0.345 e. The predicted molar refractivity (Wildman–Crippen MR) is 91.1 cm³/mol. The molecule has 2 aromatic carbocycles. The highest BCUT2D eigenvalue weighted by Crippen LogP contribution is 2.27. The molecule has 1 aliphatic rings. The molecule has 1 unspecified atom stereocenters. The highest BCUT2D eigenvalue weighted by molar-refractivity contribution is 5.90. The van der Waals surface area contributed by atoms with Crippen molar-refractivity contribution >= 4 is 5.97 Å². The van der Waals surface area contributed by atoms with Crippen LogP contribution in [-0.4, -0.2) is 30.5 Å². The van der Waals surface area contributed by atoms with Gasteiger partial charge in [0.25, 0.3) is 0 Å². The first kappa shape index (κ1) is 20.3. The van der Waals surface area contributed by atoms with Crippen LogP contribution in [0.4, 0.5) is 22.0 Å². The van der Waals surface area contributed by atoms with E-state index in [2.05, 4.69) is 0 Å². The minimum absolute atomic E-state index is 0.255. The molecule has 0 radical (unpaired) electrons. The van der Waals surface area contributed by atoms with Gasteiger partial charge >= 0.3 is 5.97 Å². The van der Waals surface area contributed by atoms with E-state index < -0.39 is 46.7 Å². The summed E-state index contributed by atoms with van der Waals surface area (Å²) in [5.41, 5.74) is -1.03. The SMILES string of the molecule is O=C(OC(CN1CCCCC1)c1ccccc1)c1c(F)c(F)c(F)c(F)c1F. The van der Waals surface area contributed by atoms with Crippen LogP contribution in [0.1, 0.15) is 41.3 Å². The number of ether oxygens (including phenoxy) is 1. The summed E-state index contributed by atoms with van der Waals surface area (Å²) in [4.78, 5) is 14.4. The molecule has 2 aromatic rings. The molecule has 0 spiro atoms. The average molecular weight is 399 g/mol. The molecule has 0 aliphatic carbocycles. The summed E-state index contributed by atoms with van der Waals surface area (Å²) < 4.78 is 73.1. The molecule has 28 heavy (non-hydrogen) atoms. The third kappa shape index (κ3) is 4.16. The minimum Gasteiger partial charge on any atom is -0.452 e. The lowest BCUT2D eigenvalue weighted by Crippen LogP contribution is -2.35. The van der Waals surface area contributed by atoms with Crippen molar-refractivity contribution in [2.24, 2.45) is 0 Å². The Morgan fingerprint density at radius 3 is 1.96 bits per heavy atom. The molecule has 0 amide bonds. The second-order valence-electron chi connectivity index (χ2n) is 6.61. The number of likely N-dealkylation sites (tertiary alicyclic amines) is 1. The number of hydrogen-bond acceptors (Lipinski definition) is 3. The number of benzene rings is 2. The van der Waals surface area contributed by atoms with Gasteiger partial charge in [-0.2, -0.15) is 0 Å². The molecule has 3 rings (SSSR count). The van der Waals surface area contributed by atoms with E-state index in [9.17, 15) is 26.7 Å². The van der Waals surface area contributed by atoms with E-state index in [1.807, 2.05) is 4.90 Å². The molecule has 1 heterocycles. The van der Waals surface area contributed by atoms with Gasteiger partial charge in [0, 0.05) is 6.54 Å². The van der Waals surface area contributed by atoms with E-state index in [0.717, 1.165) is 32.4 Å². The molecule has 3 nitrogen and oxygen atoms in total. The van der Waals surface area contributed by atoms with Gasteiger partial charge in [0.1, 0.15) is 11.7 Å². The molecular formula is C20H18F5NO2. The van der Waals surface area contributed by atoms with Crippen LogP contribution in [-0.2, 0) is 4.74 Å². The molecule has 1 atom stereocenters. The smallest absolute Gasteiger partial charge is 0.345 e. The number of piperidine rings is 1. The van der Waals surface area contributed by atoms with E-state index in [0.29, 0.717) is 5.56 Å². The Labute approximate surface area is 158 Å². The van der Waals surface area contributed by atoms with E-state index in [1.165, 1.54) is 0 Å². The Kier molecular flexibility index (Phi) is 6.28. The molecular weight excluding hydrogens is 381 g/mol. The molecule has 0 aromatic heterocycles. The molecule has 1 aliphatic heterocycles. The lowest BCUT2D eigenvalue weighted by molar-refractivity contribution is 0.0164. The van der Waals surface area contributed by atoms with Crippen molar-refractivity contribution in [3.05, 3.63) is 70.5 Å². The number of rotatable bonds is 5. The van der Waals surface area contributed by atoms with Crippen molar-refractivity contribution in [2.45, 2.75) is 25.4 Å². The number of hydrogen-bond donors (Lipinski definition) is 0. The minimum atomic E-state index is -2.32. The van der Waals surface area contributed by atoms with Crippen molar-refractivity contribution in [2.75, 3.05) is 19.6 Å². The summed E-state index contributed by atoms with van der Waals surface area (Å²) in [5, 5.41) is 0. The Balaban J connectivity index is 1.89. The van der Waals surface area contributed by atoms with Crippen LogP contribution >= 0.6 is 0 Å². The number of esters is 1. The summed E-state index contributed by atoms with van der Waals surface area (Å²) in [6, 6.07) is 8.48. The molecule has 8 heteroatoms. The van der Waals surface area contributed by atoms with Gasteiger partial charge in [-0.25, -0.2) is 26.7 Å². The van der Waals surface area contributed by atoms with Gasteiger partial charge in [-0.15, -0.1) is 0 Å². The van der Waals surface area contributed by atoms with Crippen LogP contribution < -0.4 is 0 Å². The third-order valence-corrected chi connectivity index (χ3v) is 4.71. The molecule has 1 fully saturated rings. The van der Waals surface area contributed by atoms with Gasteiger partial charge in [0.2, 0.25) is 5.82 Å². The molecule has 0 bridgehead atoms. The second kappa shape index (κ2) is 8.68. The van der Waals surface area contributed by atoms with Crippen molar-refractivity contribution in [3.63, 3.8) is 0 Å². The summed E-state index contributed by atoms with van der Waals surface area (Å²) in [6.45, 7) is 1.79. The topological polar surface area (TPSA) is 29.5 Å². The fourth-order valence-corrected chi connectivity index (χ4v) is 3.23. The van der Waals surface area contributed by atoms with Crippen molar-refractivity contribution in [1.29, 1.82) is 0 Å². The van der Waals surface area contributed by atoms with E-state index in [4.69, 9.17) is 4.74 Å². The van der Waals surface area contributed by atoms with Crippen LogP contribution in [0, 0.1) is 29.1 Å². The largest absolute Gasteiger partial charge is 0.452 e. The lowest BCUT2D eigenvalue weighted by Gasteiger charge is -2.30. The van der Waals surface area contributed by atoms with Crippen LogP contribution in [0.2, 0.25) is 0 Å². The highest BCUT2D eigenvalue weighted by Gasteiger charge is 2.32. The van der Waals surface area contributed by atoms with Crippen LogP contribution in [0.3, 0.4) is 0 Å². The zero-order chi connectivity index (χ0) is 20.3. The van der Waals surface area contributed by atoms with Crippen molar-refractivity contribution < 1.29 is 31.5 Å². The first-order valence-electron chi connectivity index (χ1n) is 8.90. The Morgan fingerprint density at radius 2 is 1.39 bits per heavy atom. The van der Waals surface area contributed by atoms with Gasteiger partial charge in [0.05, 0.1) is 0 Å². The van der Waals surface area contributed by atoms with Gasteiger partial charge in [0.15, 0.2) is 23.3 Å². The summed E-state index contributed by atoms with van der Waals surface area (Å²) in [7, 11) is 0. The van der Waals surface area contributed by atoms with Gasteiger partial charge in [-0.1, -0.05) is 36.8 Å². The van der Waals surface area contributed by atoms with Crippen molar-refractivity contribution in [1.82, 2.24) is 4.90 Å². The maximum absolute atomic E-state index is 13.9. The zero-order valence-corrected chi connectivity index (χ0v) is 14.9. The predicted octanol–water partition coefficient (Wildman–Crippen LogP) is 4.77. The van der Waals surface area contributed by atoms with Gasteiger partial charge in [-0.3, -0.25) is 4.90 Å². The van der Waals surface area contributed by atoms with Crippen LogP contribution in [0.25, 0.3) is 0 Å². The Morgan fingerprint density at radius 1 is 0.857 bits per heavy atom. The first-order chi connectivity index (χ1) is 13.4. The highest BCUT2D eigenvalue weighted by atomic mass is 19.2. The fraction of sp³-hybridized carbons (Fsp3) is 0.350.